The van der Waals surface area contributed by atoms with Crippen molar-refractivity contribution >= 4 is 23.6 Å². The topological polar surface area (TPSA) is 58.6 Å². The summed E-state index contributed by atoms with van der Waals surface area (Å²) in [7, 11) is 0. The summed E-state index contributed by atoms with van der Waals surface area (Å²) in [5.41, 5.74) is 0. The third-order valence-corrected chi connectivity index (χ3v) is 5.18. The van der Waals surface area contributed by atoms with E-state index in [1.54, 1.807) is 23.9 Å². The fourth-order valence-electron chi connectivity index (χ4n) is 3.46. The highest BCUT2D eigenvalue weighted by Crippen LogP contribution is 2.22. The molecule has 0 aromatic heterocycles. The minimum Gasteiger partial charge on any atom is -0.484 e. The number of hydrogen-bond acceptors (Lipinski definition) is 4. The Labute approximate surface area is 160 Å². The second-order valence-corrected chi connectivity index (χ2v) is 8.18. The number of likely N-dealkylation sites (tertiary alicyclic amines) is 1. The molecule has 1 saturated heterocycles. The van der Waals surface area contributed by atoms with Gasteiger partial charge in [0.1, 0.15) is 11.8 Å². The Bertz CT molecular complexity index is 572. The van der Waals surface area contributed by atoms with Crippen molar-refractivity contribution in [3.05, 3.63) is 30.3 Å². The van der Waals surface area contributed by atoms with Crippen LogP contribution in [0.15, 0.2) is 30.3 Å². The number of benzene rings is 1. The van der Waals surface area contributed by atoms with Gasteiger partial charge in [0.2, 0.25) is 5.91 Å². The molecule has 0 aliphatic carbocycles. The van der Waals surface area contributed by atoms with Gasteiger partial charge in [-0.1, -0.05) is 32.0 Å². The Balaban J connectivity index is 1.92. The molecule has 1 aromatic carbocycles. The molecule has 0 radical (unpaired) electrons. The van der Waals surface area contributed by atoms with Crippen molar-refractivity contribution in [1.82, 2.24) is 10.2 Å². The fraction of sp³-hybridized carbons (Fsp3) is 0.600. The first-order chi connectivity index (χ1) is 12.5. The lowest BCUT2D eigenvalue weighted by molar-refractivity contribution is -0.139. The Kier molecular flexibility index (Phi) is 8.29. The molecular weight excluding hydrogens is 348 g/mol. The lowest BCUT2D eigenvalue weighted by Gasteiger charge is -2.37. The zero-order chi connectivity index (χ0) is 18.9. The van der Waals surface area contributed by atoms with Gasteiger partial charge in [-0.05, 0) is 48.8 Å². The molecule has 144 valence electrons. The molecule has 0 saturated carbocycles. The Morgan fingerprint density at radius 3 is 2.50 bits per heavy atom. The highest BCUT2D eigenvalue weighted by molar-refractivity contribution is 7.98. The van der Waals surface area contributed by atoms with Crippen LogP contribution in [0.2, 0.25) is 0 Å². The minimum absolute atomic E-state index is 0.0329. The van der Waals surface area contributed by atoms with Gasteiger partial charge in [0.25, 0.3) is 5.91 Å². The van der Waals surface area contributed by atoms with Gasteiger partial charge >= 0.3 is 0 Å². The molecule has 2 amide bonds. The van der Waals surface area contributed by atoms with E-state index in [1.165, 1.54) is 0 Å². The number of hydrogen-bond donors (Lipinski definition) is 1. The van der Waals surface area contributed by atoms with E-state index in [4.69, 9.17) is 4.74 Å². The van der Waals surface area contributed by atoms with Crippen LogP contribution >= 0.6 is 11.8 Å². The Morgan fingerprint density at radius 1 is 1.23 bits per heavy atom. The molecule has 1 heterocycles. The van der Waals surface area contributed by atoms with Crippen molar-refractivity contribution in [2.24, 2.45) is 11.8 Å². The molecule has 5 nitrogen and oxygen atoms in total. The van der Waals surface area contributed by atoms with Gasteiger partial charge in [-0.25, -0.2) is 0 Å². The number of para-hydroxylation sites is 1. The monoisotopic (exact) mass is 378 g/mol. The normalized spacial score (nSPS) is 21.1. The van der Waals surface area contributed by atoms with Crippen molar-refractivity contribution in [3.63, 3.8) is 0 Å². The number of amides is 2. The first-order valence-electron chi connectivity index (χ1n) is 9.24. The number of rotatable bonds is 8. The predicted octanol–water partition coefficient (Wildman–Crippen LogP) is 2.81. The molecule has 1 N–H and O–H groups in total. The third-order valence-electron chi connectivity index (χ3n) is 4.54. The van der Waals surface area contributed by atoms with E-state index in [9.17, 15) is 9.59 Å². The third kappa shape index (κ3) is 6.56. The molecule has 1 aromatic rings. The summed E-state index contributed by atoms with van der Waals surface area (Å²) in [5.74, 6) is 2.25. The summed E-state index contributed by atoms with van der Waals surface area (Å²) in [6.07, 6.45) is 3.79. The highest BCUT2D eigenvalue weighted by atomic mass is 32.2. The van der Waals surface area contributed by atoms with Gasteiger partial charge in [-0.3, -0.25) is 9.59 Å². The van der Waals surface area contributed by atoms with Gasteiger partial charge in [0, 0.05) is 13.1 Å². The summed E-state index contributed by atoms with van der Waals surface area (Å²) in [5, 5.41) is 2.88. The average molecular weight is 379 g/mol. The van der Waals surface area contributed by atoms with Crippen LogP contribution in [-0.4, -0.2) is 54.5 Å². The van der Waals surface area contributed by atoms with E-state index in [0.717, 1.165) is 25.3 Å². The van der Waals surface area contributed by atoms with E-state index in [0.29, 0.717) is 24.0 Å². The molecule has 0 bridgehead atoms. The zero-order valence-corrected chi connectivity index (χ0v) is 16.8. The van der Waals surface area contributed by atoms with Crippen LogP contribution in [-0.2, 0) is 9.59 Å². The SMILES string of the molecule is CSCC[C@@H](NC(=O)COc1ccccc1)C(=O)N1C[C@@H](C)C[C@H](C)C1. The second kappa shape index (κ2) is 10.5. The van der Waals surface area contributed by atoms with Crippen molar-refractivity contribution in [2.45, 2.75) is 32.7 Å². The molecule has 3 atom stereocenters. The van der Waals surface area contributed by atoms with E-state index < -0.39 is 6.04 Å². The summed E-state index contributed by atoms with van der Waals surface area (Å²) >= 11 is 1.68. The van der Waals surface area contributed by atoms with Crippen molar-refractivity contribution in [3.8, 4) is 5.75 Å². The van der Waals surface area contributed by atoms with Gasteiger partial charge < -0.3 is 15.0 Å². The summed E-state index contributed by atoms with van der Waals surface area (Å²) in [4.78, 5) is 27.2. The smallest absolute Gasteiger partial charge is 0.258 e. The molecule has 2 rings (SSSR count). The maximum Gasteiger partial charge on any atom is 0.258 e. The standard InChI is InChI=1S/C20H30N2O3S/c1-15-11-16(2)13-22(12-15)20(24)18(9-10-26-3)21-19(23)14-25-17-7-5-4-6-8-17/h4-8,15-16,18H,9-14H2,1-3H3,(H,21,23)/t15-,16-,18+/m0/s1. The molecule has 1 fully saturated rings. The molecule has 0 spiro atoms. The first-order valence-corrected chi connectivity index (χ1v) is 10.6. The second-order valence-electron chi connectivity index (χ2n) is 7.19. The minimum atomic E-state index is -0.480. The van der Waals surface area contributed by atoms with E-state index >= 15 is 0 Å². The number of carbonyl (C=O) groups is 2. The van der Waals surface area contributed by atoms with E-state index in [1.807, 2.05) is 29.4 Å². The molecule has 26 heavy (non-hydrogen) atoms. The van der Waals surface area contributed by atoms with Crippen LogP contribution in [0.25, 0.3) is 0 Å². The van der Waals surface area contributed by atoms with Gasteiger partial charge in [-0.15, -0.1) is 0 Å². The Hall–Kier alpha value is -1.69. The number of carbonyl (C=O) groups excluding carboxylic acids is 2. The number of nitrogens with one attached hydrogen (secondary N) is 1. The van der Waals surface area contributed by atoms with Crippen LogP contribution in [0.1, 0.15) is 26.7 Å². The Morgan fingerprint density at radius 2 is 1.88 bits per heavy atom. The highest BCUT2D eigenvalue weighted by Gasteiger charge is 2.30. The summed E-state index contributed by atoms with van der Waals surface area (Å²) < 4.78 is 5.49. The first kappa shape index (κ1) is 20.6. The quantitative estimate of drug-likeness (QED) is 0.756. The number of nitrogens with zero attached hydrogens (tertiary/aromatic N) is 1. The molecule has 1 aliphatic heterocycles. The predicted molar refractivity (Wildman–Crippen MR) is 106 cm³/mol. The molecule has 0 unspecified atom stereocenters. The van der Waals surface area contributed by atoms with E-state index in [-0.39, 0.29) is 18.4 Å². The molecule has 1 aliphatic rings. The number of ether oxygens (including phenoxy) is 1. The summed E-state index contributed by atoms with van der Waals surface area (Å²) in [6.45, 7) is 5.82. The van der Waals surface area contributed by atoms with E-state index in [2.05, 4.69) is 19.2 Å². The van der Waals surface area contributed by atoms with Crippen LogP contribution in [0.4, 0.5) is 0 Å². The van der Waals surface area contributed by atoms with Crippen LogP contribution in [0.3, 0.4) is 0 Å². The van der Waals surface area contributed by atoms with Gasteiger partial charge in [0.05, 0.1) is 0 Å². The molecular formula is C20H30N2O3S. The molecule has 6 heteroatoms. The zero-order valence-electron chi connectivity index (χ0n) is 15.9. The van der Waals surface area contributed by atoms with Crippen molar-refractivity contribution in [2.75, 3.05) is 31.7 Å². The maximum absolute atomic E-state index is 13.0. The van der Waals surface area contributed by atoms with Crippen molar-refractivity contribution in [1.29, 1.82) is 0 Å². The van der Waals surface area contributed by atoms with Gasteiger partial charge in [-0.2, -0.15) is 11.8 Å². The lowest BCUT2D eigenvalue weighted by atomic mass is 9.91. The average Bonchev–Trinajstić information content (AvgIpc) is 2.63. The summed E-state index contributed by atoms with van der Waals surface area (Å²) in [6, 6.07) is 8.74. The maximum atomic E-state index is 13.0. The number of piperidine rings is 1. The number of thioether (sulfide) groups is 1. The van der Waals surface area contributed by atoms with Crippen LogP contribution in [0.5, 0.6) is 5.75 Å². The van der Waals surface area contributed by atoms with Gasteiger partial charge in [0.15, 0.2) is 6.61 Å². The lowest BCUT2D eigenvalue weighted by Crippen LogP contribution is -2.53. The largest absolute Gasteiger partial charge is 0.484 e. The van der Waals surface area contributed by atoms with Crippen LogP contribution in [0, 0.1) is 11.8 Å². The van der Waals surface area contributed by atoms with Crippen LogP contribution < -0.4 is 10.1 Å². The fourth-order valence-corrected chi connectivity index (χ4v) is 3.93. The van der Waals surface area contributed by atoms with Crippen molar-refractivity contribution < 1.29 is 14.3 Å².